The maximum absolute atomic E-state index is 5.92. The molecule has 1 saturated carbocycles. The molecular formula is C11H20OSi. The third kappa shape index (κ3) is 3.92. The van der Waals surface area contributed by atoms with Gasteiger partial charge in [0, 0.05) is 11.6 Å². The summed E-state index contributed by atoms with van der Waals surface area (Å²) in [7, 11) is -0.456. The fourth-order valence-electron chi connectivity index (χ4n) is 1.71. The van der Waals surface area contributed by atoms with Gasteiger partial charge in [-0.3, -0.25) is 0 Å². The zero-order chi connectivity index (χ0) is 9.52. The van der Waals surface area contributed by atoms with Gasteiger partial charge in [0.2, 0.25) is 0 Å². The van der Waals surface area contributed by atoms with Crippen LogP contribution < -0.4 is 0 Å². The Morgan fingerprint density at radius 3 is 2.31 bits per heavy atom. The summed E-state index contributed by atoms with van der Waals surface area (Å²) in [6.45, 7) is 7.56. The van der Waals surface area contributed by atoms with Gasteiger partial charge in [-0.15, -0.1) is 13.2 Å². The van der Waals surface area contributed by atoms with Gasteiger partial charge < -0.3 is 4.43 Å². The van der Waals surface area contributed by atoms with Crippen LogP contribution in [0.25, 0.3) is 0 Å². The SMILES string of the molecule is C=CC(C=C)[SiH2]OC1CCCCC1. The maximum atomic E-state index is 5.92. The molecule has 1 rings (SSSR count). The fourth-order valence-corrected chi connectivity index (χ4v) is 2.81. The summed E-state index contributed by atoms with van der Waals surface area (Å²) >= 11 is 0. The average Bonchev–Trinajstić information content (AvgIpc) is 2.21. The van der Waals surface area contributed by atoms with E-state index in [4.69, 9.17) is 4.43 Å². The molecule has 0 N–H and O–H groups in total. The van der Waals surface area contributed by atoms with Crippen molar-refractivity contribution in [1.29, 1.82) is 0 Å². The van der Waals surface area contributed by atoms with Gasteiger partial charge >= 0.3 is 0 Å². The van der Waals surface area contributed by atoms with Crippen molar-refractivity contribution in [2.24, 2.45) is 0 Å². The lowest BCUT2D eigenvalue weighted by atomic mass is 9.98. The van der Waals surface area contributed by atoms with Gasteiger partial charge in [-0.25, -0.2) is 0 Å². The predicted octanol–water partition coefficient (Wildman–Crippen LogP) is 2.58. The predicted molar refractivity (Wildman–Crippen MR) is 60.6 cm³/mol. The Morgan fingerprint density at radius 1 is 1.15 bits per heavy atom. The topological polar surface area (TPSA) is 9.23 Å². The van der Waals surface area contributed by atoms with Crippen LogP contribution in [-0.2, 0) is 4.43 Å². The molecule has 0 heterocycles. The van der Waals surface area contributed by atoms with Gasteiger partial charge in [-0.2, -0.15) is 0 Å². The molecule has 0 aliphatic heterocycles. The van der Waals surface area contributed by atoms with Crippen LogP contribution in [0.2, 0.25) is 5.54 Å². The van der Waals surface area contributed by atoms with Crippen molar-refractivity contribution < 1.29 is 4.43 Å². The maximum Gasteiger partial charge on any atom is 0.172 e. The van der Waals surface area contributed by atoms with E-state index in [0.717, 1.165) is 0 Å². The van der Waals surface area contributed by atoms with Gasteiger partial charge in [0.25, 0.3) is 0 Å². The molecule has 0 atom stereocenters. The van der Waals surface area contributed by atoms with E-state index in [2.05, 4.69) is 13.2 Å². The molecule has 13 heavy (non-hydrogen) atoms. The Bertz CT molecular complexity index is 153. The van der Waals surface area contributed by atoms with Crippen molar-refractivity contribution in [3.05, 3.63) is 25.3 Å². The Kier molecular flexibility index (Phi) is 5.09. The van der Waals surface area contributed by atoms with Crippen LogP contribution in [-0.4, -0.2) is 15.9 Å². The van der Waals surface area contributed by atoms with Crippen molar-refractivity contribution in [1.82, 2.24) is 0 Å². The van der Waals surface area contributed by atoms with Crippen LogP contribution in [0.4, 0.5) is 0 Å². The molecule has 74 valence electrons. The number of hydrogen-bond donors (Lipinski definition) is 0. The first-order valence-electron chi connectivity index (χ1n) is 5.23. The number of rotatable bonds is 5. The van der Waals surface area contributed by atoms with Crippen molar-refractivity contribution >= 4 is 9.76 Å². The summed E-state index contributed by atoms with van der Waals surface area (Å²) in [4.78, 5) is 0. The van der Waals surface area contributed by atoms with Crippen LogP contribution in [0.15, 0.2) is 25.3 Å². The van der Waals surface area contributed by atoms with Gasteiger partial charge in [0.1, 0.15) is 0 Å². The van der Waals surface area contributed by atoms with Crippen LogP contribution in [0, 0.1) is 0 Å². The molecule has 1 fully saturated rings. The third-order valence-electron chi connectivity index (χ3n) is 2.68. The molecule has 1 nitrogen and oxygen atoms in total. The zero-order valence-corrected chi connectivity index (χ0v) is 9.79. The Balaban J connectivity index is 2.16. The first-order valence-corrected chi connectivity index (χ1v) is 6.63. The number of hydrogen-bond acceptors (Lipinski definition) is 1. The Morgan fingerprint density at radius 2 is 1.77 bits per heavy atom. The monoisotopic (exact) mass is 196 g/mol. The molecule has 1 aliphatic rings. The number of allylic oxidation sites excluding steroid dienone is 2. The minimum absolute atomic E-state index is 0.456. The van der Waals surface area contributed by atoms with Gasteiger partial charge in [-0.05, 0) is 12.8 Å². The molecule has 0 saturated heterocycles. The second-order valence-corrected chi connectivity index (χ2v) is 5.34. The van der Waals surface area contributed by atoms with Crippen LogP contribution >= 0.6 is 0 Å². The quantitative estimate of drug-likeness (QED) is 0.485. The van der Waals surface area contributed by atoms with E-state index in [1.165, 1.54) is 32.1 Å². The Labute approximate surface area is 83.8 Å². The van der Waals surface area contributed by atoms with Crippen LogP contribution in [0.1, 0.15) is 32.1 Å². The highest BCUT2D eigenvalue weighted by molar-refractivity contribution is 6.31. The highest BCUT2D eigenvalue weighted by Gasteiger charge is 2.14. The van der Waals surface area contributed by atoms with E-state index in [0.29, 0.717) is 11.6 Å². The minimum Gasteiger partial charge on any atom is -0.420 e. The summed E-state index contributed by atoms with van der Waals surface area (Å²) in [5.41, 5.74) is 0.460. The smallest absolute Gasteiger partial charge is 0.172 e. The Hall–Kier alpha value is -0.343. The molecule has 0 aromatic carbocycles. The average molecular weight is 196 g/mol. The minimum atomic E-state index is -0.456. The third-order valence-corrected chi connectivity index (χ3v) is 4.40. The van der Waals surface area contributed by atoms with E-state index in [-0.39, 0.29) is 0 Å². The van der Waals surface area contributed by atoms with Gasteiger partial charge in [-0.1, -0.05) is 31.4 Å². The van der Waals surface area contributed by atoms with Crippen LogP contribution in [0.3, 0.4) is 0 Å². The second-order valence-electron chi connectivity index (χ2n) is 3.73. The van der Waals surface area contributed by atoms with E-state index in [1.807, 2.05) is 12.2 Å². The molecule has 0 aromatic rings. The molecule has 2 heteroatoms. The van der Waals surface area contributed by atoms with Crippen LogP contribution in [0.5, 0.6) is 0 Å². The summed E-state index contributed by atoms with van der Waals surface area (Å²) in [6.07, 6.45) is 11.1. The van der Waals surface area contributed by atoms with E-state index in [9.17, 15) is 0 Å². The summed E-state index contributed by atoms with van der Waals surface area (Å²) in [5, 5.41) is 0. The van der Waals surface area contributed by atoms with Gasteiger partial charge in [0.15, 0.2) is 9.76 Å². The molecule has 0 radical (unpaired) electrons. The molecule has 0 aromatic heterocycles. The highest BCUT2D eigenvalue weighted by atomic mass is 28.2. The van der Waals surface area contributed by atoms with Crippen molar-refractivity contribution in [3.8, 4) is 0 Å². The van der Waals surface area contributed by atoms with Crippen molar-refractivity contribution in [3.63, 3.8) is 0 Å². The summed E-state index contributed by atoms with van der Waals surface area (Å²) in [6, 6.07) is 0. The fraction of sp³-hybridized carbons (Fsp3) is 0.636. The molecule has 0 amide bonds. The van der Waals surface area contributed by atoms with Gasteiger partial charge in [0.05, 0.1) is 0 Å². The molecular weight excluding hydrogens is 176 g/mol. The van der Waals surface area contributed by atoms with Crippen molar-refractivity contribution in [2.45, 2.75) is 43.7 Å². The first kappa shape index (κ1) is 10.7. The molecule has 0 unspecified atom stereocenters. The normalized spacial score (nSPS) is 19.8. The zero-order valence-electron chi connectivity index (χ0n) is 8.37. The highest BCUT2D eigenvalue weighted by Crippen LogP contribution is 2.21. The lowest BCUT2D eigenvalue weighted by Gasteiger charge is -2.23. The lowest BCUT2D eigenvalue weighted by molar-refractivity contribution is 0.161. The lowest BCUT2D eigenvalue weighted by Crippen LogP contribution is -2.20. The second kappa shape index (κ2) is 6.16. The van der Waals surface area contributed by atoms with E-state index >= 15 is 0 Å². The van der Waals surface area contributed by atoms with E-state index in [1.54, 1.807) is 0 Å². The van der Waals surface area contributed by atoms with Crippen molar-refractivity contribution in [2.75, 3.05) is 0 Å². The summed E-state index contributed by atoms with van der Waals surface area (Å²) in [5.74, 6) is 0. The summed E-state index contributed by atoms with van der Waals surface area (Å²) < 4.78 is 5.92. The molecule has 1 aliphatic carbocycles. The largest absolute Gasteiger partial charge is 0.420 e. The standard InChI is InChI=1S/C11H20OSi/c1-3-11(4-2)13-12-10-8-6-5-7-9-10/h3-4,10-11H,1-2,5-9,13H2. The molecule has 0 spiro atoms. The first-order chi connectivity index (χ1) is 6.36. The van der Waals surface area contributed by atoms with E-state index < -0.39 is 9.76 Å². The molecule has 0 bridgehead atoms.